The first kappa shape index (κ1) is 34.7. The van der Waals surface area contributed by atoms with Crippen LogP contribution in [0.5, 0.6) is 0 Å². The highest BCUT2D eigenvalue weighted by molar-refractivity contribution is 6.10. The van der Waals surface area contributed by atoms with E-state index >= 15 is 0 Å². The molecule has 3 heterocycles. The minimum Gasteiger partial charge on any atom is -0.379 e. The Balaban J connectivity index is 1.04. The summed E-state index contributed by atoms with van der Waals surface area (Å²) in [7, 11) is 0. The zero-order chi connectivity index (χ0) is 39.5. The molecule has 0 bridgehead atoms. The number of benzene rings is 7. The lowest BCUT2D eigenvalue weighted by atomic mass is 9.82. The first-order chi connectivity index (χ1) is 29.0. The van der Waals surface area contributed by atoms with Gasteiger partial charge in [-0.2, -0.15) is 0 Å². The number of nitrogens with zero attached hydrogens (tertiary/aromatic N) is 5. The molecule has 59 heavy (non-hydrogen) atoms. The van der Waals surface area contributed by atoms with Gasteiger partial charge < -0.3 is 5.32 Å². The molecule has 0 radical (unpaired) electrons. The van der Waals surface area contributed by atoms with Crippen LogP contribution < -0.4 is 5.32 Å². The van der Waals surface area contributed by atoms with Crippen LogP contribution in [0.1, 0.15) is 30.8 Å². The highest BCUT2D eigenvalue weighted by atomic mass is 15.1. The van der Waals surface area contributed by atoms with E-state index in [0.29, 0.717) is 29.8 Å². The Kier molecular flexibility index (Phi) is 8.12. The van der Waals surface area contributed by atoms with E-state index in [1.807, 2.05) is 36.4 Å². The lowest BCUT2D eigenvalue weighted by molar-refractivity contribution is 0.660. The van der Waals surface area contributed by atoms with Crippen LogP contribution >= 0.6 is 0 Å². The number of dihydropyridines is 1. The summed E-state index contributed by atoms with van der Waals surface area (Å²) in [6, 6.07) is 55.4. The molecular formula is C53H38N6. The standard InChI is InChI=1S/C53H38N6/c1-53(2)44-21-10-9-20-40(44)41-27-26-39(32-45(41)53)51-57-50(58-52(59-51)46-22-11-12-29-54-46)38-19-13-18-36(30-38)37-24-23-33-25-28-42-47(34-14-5-3-6-15-34)55-49(35-16-7-4-8-17-35)56-48(42)43(33)31-37/h3-28,30-32,54H,29H2,1-2H3. The van der Waals surface area contributed by atoms with Gasteiger partial charge in [0.25, 0.3) is 0 Å². The fraction of sp³-hybridized carbons (Fsp3) is 0.0755. The quantitative estimate of drug-likeness (QED) is 0.170. The molecule has 280 valence electrons. The van der Waals surface area contributed by atoms with Gasteiger partial charge in [0.2, 0.25) is 0 Å². The second-order valence-electron chi connectivity index (χ2n) is 15.7. The molecule has 1 N–H and O–H groups in total. The Morgan fingerprint density at radius 2 is 1.08 bits per heavy atom. The van der Waals surface area contributed by atoms with Gasteiger partial charge in [-0.1, -0.05) is 159 Å². The van der Waals surface area contributed by atoms with E-state index in [1.165, 1.54) is 22.3 Å². The Morgan fingerprint density at radius 1 is 0.458 bits per heavy atom. The van der Waals surface area contributed by atoms with Crippen molar-refractivity contribution in [1.29, 1.82) is 0 Å². The summed E-state index contributed by atoms with van der Waals surface area (Å²) in [4.78, 5) is 25.7. The summed E-state index contributed by atoms with van der Waals surface area (Å²) in [6.07, 6.45) is 6.16. The summed E-state index contributed by atoms with van der Waals surface area (Å²) in [5.41, 5.74) is 13.8. The number of aromatic nitrogens is 5. The molecule has 0 spiro atoms. The number of rotatable bonds is 6. The minimum absolute atomic E-state index is 0.142. The van der Waals surface area contributed by atoms with Crippen molar-refractivity contribution >= 4 is 27.4 Å². The zero-order valence-electron chi connectivity index (χ0n) is 32.7. The van der Waals surface area contributed by atoms with E-state index < -0.39 is 0 Å². The third kappa shape index (κ3) is 6.00. The highest BCUT2D eigenvalue weighted by Crippen LogP contribution is 2.49. The number of allylic oxidation sites excluding steroid dienone is 2. The predicted octanol–water partition coefficient (Wildman–Crippen LogP) is 12.1. The highest BCUT2D eigenvalue weighted by Gasteiger charge is 2.35. The third-order valence-electron chi connectivity index (χ3n) is 11.7. The molecule has 0 unspecified atom stereocenters. The lowest BCUT2D eigenvalue weighted by Gasteiger charge is -2.22. The number of hydrogen-bond donors (Lipinski definition) is 1. The van der Waals surface area contributed by atoms with E-state index in [-0.39, 0.29) is 5.41 Å². The van der Waals surface area contributed by atoms with Gasteiger partial charge in [-0.25, -0.2) is 24.9 Å². The van der Waals surface area contributed by atoms with Crippen LogP contribution in [-0.4, -0.2) is 31.5 Å². The Bertz CT molecular complexity index is 3180. The first-order valence-electron chi connectivity index (χ1n) is 20.1. The number of hydrogen-bond acceptors (Lipinski definition) is 6. The third-order valence-corrected chi connectivity index (χ3v) is 11.7. The maximum absolute atomic E-state index is 5.24. The molecule has 2 aromatic heterocycles. The molecule has 1 aliphatic heterocycles. The number of nitrogens with one attached hydrogen (secondary N) is 1. The Morgan fingerprint density at radius 3 is 1.88 bits per heavy atom. The summed E-state index contributed by atoms with van der Waals surface area (Å²) < 4.78 is 0. The van der Waals surface area contributed by atoms with Gasteiger partial charge in [0.05, 0.1) is 16.9 Å². The van der Waals surface area contributed by atoms with Crippen molar-refractivity contribution in [2.75, 3.05) is 6.54 Å². The number of fused-ring (bicyclic) bond motifs is 6. The van der Waals surface area contributed by atoms with Crippen molar-refractivity contribution in [2.24, 2.45) is 0 Å². The van der Waals surface area contributed by atoms with Crippen LogP contribution in [0.3, 0.4) is 0 Å². The van der Waals surface area contributed by atoms with Gasteiger partial charge in [0.1, 0.15) is 0 Å². The molecular weight excluding hydrogens is 721 g/mol. The molecule has 0 amide bonds. The van der Waals surface area contributed by atoms with Gasteiger partial charge in [0.15, 0.2) is 23.3 Å². The molecule has 0 saturated carbocycles. The topological polar surface area (TPSA) is 76.5 Å². The van der Waals surface area contributed by atoms with Crippen LogP contribution in [0, 0.1) is 0 Å². The SMILES string of the molecule is CC1(C)c2ccccc2-c2ccc(-c3nc(C4=CC=CCN4)nc(-c4cccc(-c5ccc6ccc7c(-c8ccccc8)nc(-c8ccccc8)nc7c6c5)c4)n3)cc21. The minimum atomic E-state index is -0.142. The average Bonchev–Trinajstić information content (AvgIpc) is 3.54. The summed E-state index contributed by atoms with van der Waals surface area (Å²) >= 11 is 0. The van der Waals surface area contributed by atoms with Crippen molar-refractivity contribution in [1.82, 2.24) is 30.2 Å². The maximum Gasteiger partial charge on any atom is 0.179 e. The maximum atomic E-state index is 5.24. The van der Waals surface area contributed by atoms with Crippen molar-refractivity contribution in [3.63, 3.8) is 0 Å². The van der Waals surface area contributed by atoms with Gasteiger partial charge >= 0.3 is 0 Å². The summed E-state index contributed by atoms with van der Waals surface area (Å²) in [5, 5.41) is 6.66. The summed E-state index contributed by atoms with van der Waals surface area (Å²) in [6.45, 7) is 5.31. The molecule has 6 heteroatoms. The Hall–Kier alpha value is -7.57. The van der Waals surface area contributed by atoms with E-state index in [0.717, 1.165) is 66.4 Å². The lowest BCUT2D eigenvalue weighted by Crippen LogP contribution is -2.17. The zero-order valence-corrected chi connectivity index (χ0v) is 32.7. The van der Waals surface area contributed by atoms with Crippen LogP contribution in [0.4, 0.5) is 0 Å². The van der Waals surface area contributed by atoms with Crippen molar-refractivity contribution in [3.8, 4) is 67.7 Å². The van der Waals surface area contributed by atoms with E-state index in [9.17, 15) is 0 Å². The van der Waals surface area contributed by atoms with E-state index in [2.05, 4.69) is 159 Å². The van der Waals surface area contributed by atoms with Gasteiger partial charge in [-0.05, 0) is 69.1 Å². The fourth-order valence-electron chi connectivity index (χ4n) is 8.67. The van der Waals surface area contributed by atoms with E-state index in [1.54, 1.807) is 0 Å². The van der Waals surface area contributed by atoms with Crippen LogP contribution in [0.2, 0.25) is 0 Å². The smallest absolute Gasteiger partial charge is 0.179 e. The molecule has 11 rings (SSSR count). The molecule has 6 nitrogen and oxygen atoms in total. The monoisotopic (exact) mass is 758 g/mol. The molecule has 9 aromatic rings. The fourth-order valence-corrected chi connectivity index (χ4v) is 8.67. The molecule has 0 fully saturated rings. The first-order valence-corrected chi connectivity index (χ1v) is 20.1. The normalized spacial score (nSPS) is 13.8. The van der Waals surface area contributed by atoms with Crippen LogP contribution in [-0.2, 0) is 5.41 Å². The van der Waals surface area contributed by atoms with Crippen molar-refractivity contribution in [2.45, 2.75) is 19.3 Å². The second kappa shape index (κ2) is 13.8. The molecule has 7 aromatic carbocycles. The van der Waals surface area contributed by atoms with Gasteiger partial charge in [-0.15, -0.1) is 0 Å². The molecule has 0 atom stereocenters. The van der Waals surface area contributed by atoms with Crippen molar-refractivity contribution < 1.29 is 0 Å². The van der Waals surface area contributed by atoms with E-state index in [4.69, 9.17) is 24.9 Å². The largest absolute Gasteiger partial charge is 0.379 e. The van der Waals surface area contributed by atoms with Gasteiger partial charge in [-0.3, -0.25) is 0 Å². The average molecular weight is 759 g/mol. The Labute approximate surface area is 342 Å². The van der Waals surface area contributed by atoms with Gasteiger partial charge in [0, 0.05) is 45.0 Å². The second-order valence-corrected chi connectivity index (χ2v) is 15.7. The van der Waals surface area contributed by atoms with Crippen LogP contribution in [0.15, 0.2) is 176 Å². The predicted molar refractivity (Wildman–Crippen MR) is 240 cm³/mol. The molecule has 2 aliphatic rings. The van der Waals surface area contributed by atoms with Crippen LogP contribution in [0.25, 0.3) is 95.0 Å². The summed E-state index contributed by atoms with van der Waals surface area (Å²) in [5.74, 6) is 2.57. The molecule has 0 saturated heterocycles. The van der Waals surface area contributed by atoms with Crippen molar-refractivity contribution in [3.05, 3.63) is 193 Å². The molecule has 1 aliphatic carbocycles.